The van der Waals surface area contributed by atoms with Crippen molar-refractivity contribution in [2.75, 3.05) is 18.6 Å². The van der Waals surface area contributed by atoms with Crippen molar-refractivity contribution in [2.45, 2.75) is 19.3 Å². The van der Waals surface area contributed by atoms with E-state index in [1.54, 1.807) is 0 Å². The SMILES string of the molecule is CC1=C(C)N(c2cccc(C3(c4ccn[nH]4)c4cnccc4-c4ccncc43)c2)CN1C. The summed E-state index contributed by atoms with van der Waals surface area (Å²) in [5.41, 5.74) is 10.0. The molecule has 3 aromatic heterocycles. The summed E-state index contributed by atoms with van der Waals surface area (Å²) >= 11 is 0. The van der Waals surface area contributed by atoms with Gasteiger partial charge in [0.25, 0.3) is 0 Å². The van der Waals surface area contributed by atoms with Crippen molar-refractivity contribution in [1.82, 2.24) is 25.1 Å². The Morgan fingerprint density at radius 2 is 1.59 bits per heavy atom. The third kappa shape index (κ3) is 2.37. The van der Waals surface area contributed by atoms with Crippen LogP contribution in [-0.2, 0) is 5.41 Å². The fourth-order valence-electron chi connectivity index (χ4n) is 5.30. The van der Waals surface area contributed by atoms with Gasteiger partial charge in [0, 0.05) is 55.1 Å². The Balaban J connectivity index is 1.64. The maximum atomic E-state index is 4.52. The topological polar surface area (TPSA) is 60.9 Å². The first kappa shape index (κ1) is 18.8. The second-order valence-corrected chi connectivity index (χ2v) is 8.55. The van der Waals surface area contributed by atoms with Gasteiger partial charge in [-0.05, 0) is 72.0 Å². The molecule has 0 unspecified atom stereocenters. The van der Waals surface area contributed by atoms with Crippen LogP contribution in [0.2, 0.25) is 0 Å². The number of allylic oxidation sites excluding steroid dienone is 2. The molecular weight excluding hydrogens is 396 g/mol. The van der Waals surface area contributed by atoms with E-state index in [2.05, 4.69) is 93.3 Å². The zero-order valence-corrected chi connectivity index (χ0v) is 18.4. The summed E-state index contributed by atoms with van der Waals surface area (Å²) in [6, 6.07) is 15.1. The fourth-order valence-corrected chi connectivity index (χ4v) is 5.30. The van der Waals surface area contributed by atoms with Gasteiger partial charge in [-0.1, -0.05) is 12.1 Å². The first-order chi connectivity index (χ1) is 15.6. The molecule has 4 aromatic rings. The van der Waals surface area contributed by atoms with E-state index in [0.29, 0.717) is 0 Å². The molecule has 6 nitrogen and oxygen atoms in total. The van der Waals surface area contributed by atoms with Crippen LogP contribution in [-0.4, -0.2) is 38.8 Å². The lowest BCUT2D eigenvalue weighted by Crippen LogP contribution is -2.30. The van der Waals surface area contributed by atoms with Gasteiger partial charge in [-0.25, -0.2) is 0 Å². The number of nitrogens with zero attached hydrogens (tertiary/aromatic N) is 5. The van der Waals surface area contributed by atoms with Crippen LogP contribution in [0.1, 0.15) is 36.2 Å². The van der Waals surface area contributed by atoms with Crippen molar-refractivity contribution < 1.29 is 0 Å². The van der Waals surface area contributed by atoms with Crippen molar-refractivity contribution >= 4 is 5.69 Å². The first-order valence-corrected chi connectivity index (χ1v) is 10.8. The minimum absolute atomic E-state index is 0.558. The summed E-state index contributed by atoms with van der Waals surface area (Å²) < 4.78 is 0. The summed E-state index contributed by atoms with van der Waals surface area (Å²) in [4.78, 5) is 13.7. The highest BCUT2D eigenvalue weighted by Crippen LogP contribution is 2.55. The number of nitrogens with one attached hydrogen (secondary N) is 1. The number of pyridine rings is 2. The Bertz CT molecular complexity index is 1310. The lowest BCUT2D eigenvalue weighted by molar-refractivity contribution is 0.460. The molecule has 32 heavy (non-hydrogen) atoms. The minimum Gasteiger partial charge on any atom is -0.359 e. The summed E-state index contributed by atoms with van der Waals surface area (Å²) in [6.07, 6.45) is 9.51. The molecule has 0 bridgehead atoms. The van der Waals surface area contributed by atoms with E-state index in [-0.39, 0.29) is 0 Å². The molecule has 4 heterocycles. The molecule has 0 saturated heterocycles. The molecular formula is C26H24N6. The monoisotopic (exact) mass is 420 g/mol. The normalized spacial score (nSPS) is 16.5. The van der Waals surface area contributed by atoms with E-state index in [1.165, 1.54) is 33.8 Å². The van der Waals surface area contributed by atoms with Gasteiger partial charge >= 0.3 is 0 Å². The molecule has 6 heteroatoms. The predicted octanol–water partition coefficient (Wildman–Crippen LogP) is 4.52. The molecule has 1 aliphatic heterocycles. The number of fused-ring (bicyclic) bond motifs is 3. The fraction of sp³-hybridized carbons (Fsp3) is 0.192. The van der Waals surface area contributed by atoms with Crippen LogP contribution in [0.3, 0.4) is 0 Å². The van der Waals surface area contributed by atoms with Crippen LogP contribution in [0.5, 0.6) is 0 Å². The third-order valence-electron chi connectivity index (χ3n) is 7.09. The highest BCUT2D eigenvalue weighted by molar-refractivity contribution is 5.85. The van der Waals surface area contributed by atoms with E-state index in [0.717, 1.165) is 23.5 Å². The van der Waals surface area contributed by atoms with Crippen LogP contribution in [0.15, 0.2) is 84.8 Å². The van der Waals surface area contributed by atoms with Gasteiger partial charge in [0.05, 0.1) is 17.8 Å². The molecule has 0 amide bonds. The lowest BCUT2D eigenvalue weighted by Gasteiger charge is -2.32. The van der Waals surface area contributed by atoms with E-state index in [4.69, 9.17) is 0 Å². The van der Waals surface area contributed by atoms with Gasteiger partial charge in [-0.15, -0.1) is 0 Å². The Hall–Kier alpha value is -3.93. The van der Waals surface area contributed by atoms with E-state index in [1.807, 2.05) is 31.0 Å². The number of rotatable bonds is 3. The quantitative estimate of drug-likeness (QED) is 0.465. The first-order valence-electron chi connectivity index (χ1n) is 10.8. The summed E-state index contributed by atoms with van der Waals surface area (Å²) in [6.45, 7) is 5.20. The zero-order chi connectivity index (χ0) is 21.9. The Labute approximate surface area is 187 Å². The van der Waals surface area contributed by atoms with Gasteiger partial charge in [0.15, 0.2) is 0 Å². The smallest absolute Gasteiger partial charge is 0.0943 e. The van der Waals surface area contributed by atoms with Crippen molar-refractivity contribution in [3.05, 3.63) is 107 Å². The molecule has 1 N–H and O–H groups in total. The largest absolute Gasteiger partial charge is 0.359 e. The highest BCUT2D eigenvalue weighted by atomic mass is 15.4. The Morgan fingerprint density at radius 1 is 0.875 bits per heavy atom. The minimum atomic E-state index is -0.558. The average molecular weight is 421 g/mol. The van der Waals surface area contributed by atoms with E-state index < -0.39 is 5.41 Å². The number of H-pyrrole nitrogens is 1. The number of hydrogen-bond donors (Lipinski definition) is 1. The summed E-state index contributed by atoms with van der Waals surface area (Å²) in [5.74, 6) is 0. The average Bonchev–Trinajstić information content (AvgIpc) is 3.53. The van der Waals surface area contributed by atoms with Crippen molar-refractivity contribution in [3.8, 4) is 11.1 Å². The number of anilines is 1. The van der Waals surface area contributed by atoms with Crippen LogP contribution in [0, 0.1) is 0 Å². The number of benzene rings is 1. The number of aromatic nitrogens is 4. The van der Waals surface area contributed by atoms with Gasteiger partial charge in [-0.2, -0.15) is 5.10 Å². The molecule has 0 radical (unpaired) electrons. The van der Waals surface area contributed by atoms with Crippen molar-refractivity contribution in [2.24, 2.45) is 0 Å². The van der Waals surface area contributed by atoms with E-state index >= 15 is 0 Å². The highest BCUT2D eigenvalue weighted by Gasteiger charge is 2.48. The van der Waals surface area contributed by atoms with Crippen LogP contribution >= 0.6 is 0 Å². The molecule has 1 aromatic carbocycles. The molecule has 0 saturated carbocycles. The second kappa shape index (κ2) is 6.79. The zero-order valence-electron chi connectivity index (χ0n) is 18.4. The maximum absolute atomic E-state index is 4.52. The molecule has 2 aliphatic rings. The summed E-state index contributed by atoms with van der Waals surface area (Å²) in [5, 5.41) is 7.60. The van der Waals surface area contributed by atoms with Gasteiger partial charge in [-0.3, -0.25) is 15.1 Å². The Morgan fingerprint density at radius 3 is 2.19 bits per heavy atom. The van der Waals surface area contributed by atoms with Crippen LogP contribution in [0.25, 0.3) is 11.1 Å². The predicted molar refractivity (Wildman–Crippen MR) is 125 cm³/mol. The van der Waals surface area contributed by atoms with Gasteiger partial charge in [0.2, 0.25) is 0 Å². The Kier molecular flexibility index (Phi) is 3.99. The van der Waals surface area contributed by atoms with Crippen LogP contribution in [0.4, 0.5) is 5.69 Å². The molecule has 0 atom stereocenters. The van der Waals surface area contributed by atoms with Gasteiger partial charge in [0.1, 0.15) is 0 Å². The van der Waals surface area contributed by atoms with E-state index in [9.17, 15) is 0 Å². The number of hydrogen-bond acceptors (Lipinski definition) is 5. The van der Waals surface area contributed by atoms with Crippen LogP contribution < -0.4 is 4.90 Å². The standard InChI is InChI=1S/C26H24N6/c1-17-18(2)32(16-31(17)3)20-6-4-5-19(13-20)26(25-9-12-29-30-25)23-14-27-10-7-21(23)22-8-11-28-15-24(22)26/h4-15H,16H2,1-3H3,(H,29,30). The van der Waals surface area contributed by atoms with Crippen molar-refractivity contribution in [1.29, 1.82) is 0 Å². The third-order valence-corrected chi connectivity index (χ3v) is 7.09. The molecule has 158 valence electrons. The molecule has 6 rings (SSSR count). The molecule has 1 aliphatic carbocycles. The summed E-state index contributed by atoms with van der Waals surface area (Å²) in [7, 11) is 2.13. The van der Waals surface area contributed by atoms with Gasteiger partial charge < -0.3 is 9.80 Å². The second-order valence-electron chi connectivity index (χ2n) is 8.55. The molecule has 0 spiro atoms. The molecule has 0 fully saturated rings. The maximum Gasteiger partial charge on any atom is 0.0943 e. The lowest BCUT2D eigenvalue weighted by atomic mass is 9.71. The number of aromatic amines is 1. The van der Waals surface area contributed by atoms with Crippen molar-refractivity contribution in [3.63, 3.8) is 0 Å².